The highest BCUT2D eigenvalue weighted by Crippen LogP contribution is 2.38. The van der Waals surface area contributed by atoms with Crippen molar-refractivity contribution in [1.82, 2.24) is 0 Å². The van der Waals surface area contributed by atoms with Gasteiger partial charge in [-0.1, -0.05) is 25.1 Å². The Labute approximate surface area is 92.2 Å². The van der Waals surface area contributed by atoms with E-state index >= 15 is 0 Å². The average molecular weight is 222 g/mol. The van der Waals surface area contributed by atoms with Crippen molar-refractivity contribution in [2.24, 2.45) is 5.92 Å². The van der Waals surface area contributed by atoms with Gasteiger partial charge < -0.3 is 9.84 Å². The Balaban J connectivity index is 2.61. The predicted molar refractivity (Wildman–Crippen MR) is 56.8 cm³/mol. The van der Waals surface area contributed by atoms with Gasteiger partial charge in [-0.25, -0.2) is 4.79 Å². The van der Waals surface area contributed by atoms with Crippen LogP contribution in [-0.4, -0.2) is 17.7 Å². The first-order valence-electron chi connectivity index (χ1n) is 4.96. The minimum atomic E-state index is -1.53. The van der Waals surface area contributed by atoms with Gasteiger partial charge in [0.15, 0.2) is 0 Å². The van der Waals surface area contributed by atoms with Gasteiger partial charge in [-0.15, -0.1) is 0 Å². The molecule has 1 aromatic rings. The second-order valence-corrected chi connectivity index (χ2v) is 3.74. The molecule has 1 unspecified atom stereocenters. The quantitative estimate of drug-likeness (QED) is 0.742. The largest absolute Gasteiger partial charge is 0.492 e. The van der Waals surface area contributed by atoms with Gasteiger partial charge in [0.25, 0.3) is 0 Å². The van der Waals surface area contributed by atoms with Gasteiger partial charge in [0, 0.05) is 17.1 Å². The Morgan fingerprint density at radius 1 is 1.50 bits per heavy atom. The number of fused-ring (bicyclic) bond motifs is 1. The number of benzene rings is 1. The molecule has 0 amide bonds. The van der Waals surface area contributed by atoms with Crippen LogP contribution in [0.25, 0.3) is 5.57 Å². The molecule has 0 saturated heterocycles. The molecule has 4 heteroatoms. The number of ether oxygens (including phenoxy) is 1. The fourth-order valence-corrected chi connectivity index (χ4v) is 1.83. The molecule has 0 aliphatic carbocycles. The maximum Gasteiger partial charge on any atom is 0.365 e. The van der Waals surface area contributed by atoms with Crippen molar-refractivity contribution in [3.05, 3.63) is 35.7 Å². The van der Waals surface area contributed by atoms with Crippen LogP contribution in [0, 0.1) is 5.92 Å². The molecular weight excluding hydrogens is 211 g/mol. The Morgan fingerprint density at radius 2 is 2.19 bits per heavy atom. The SMILES string of the molecule is CC1COc2ccccc2/C1=C(\F)C(=O)O. The number of carbonyl (C=O) groups is 1. The summed E-state index contributed by atoms with van der Waals surface area (Å²) in [6, 6.07) is 6.87. The van der Waals surface area contributed by atoms with Crippen LogP contribution in [0.15, 0.2) is 30.1 Å². The van der Waals surface area contributed by atoms with Crippen molar-refractivity contribution in [3.8, 4) is 5.75 Å². The molecule has 84 valence electrons. The molecular formula is C12H11FO3. The summed E-state index contributed by atoms with van der Waals surface area (Å²) >= 11 is 0. The highest BCUT2D eigenvalue weighted by Gasteiger charge is 2.27. The zero-order valence-corrected chi connectivity index (χ0v) is 8.74. The highest BCUT2D eigenvalue weighted by atomic mass is 19.1. The van der Waals surface area contributed by atoms with E-state index in [9.17, 15) is 9.18 Å². The summed E-state index contributed by atoms with van der Waals surface area (Å²) < 4.78 is 19.0. The van der Waals surface area contributed by atoms with Crippen molar-refractivity contribution in [1.29, 1.82) is 0 Å². The van der Waals surface area contributed by atoms with Crippen molar-refractivity contribution in [2.75, 3.05) is 6.61 Å². The Kier molecular flexibility index (Phi) is 2.64. The van der Waals surface area contributed by atoms with Crippen molar-refractivity contribution in [3.63, 3.8) is 0 Å². The Hall–Kier alpha value is -1.84. The minimum Gasteiger partial charge on any atom is -0.492 e. The zero-order valence-electron chi connectivity index (χ0n) is 8.74. The van der Waals surface area contributed by atoms with Crippen LogP contribution < -0.4 is 4.74 Å². The van der Waals surface area contributed by atoms with Gasteiger partial charge in [-0.3, -0.25) is 0 Å². The van der Waals surface area contributed by atoms with Crippen LogP contribution in [0.5, 0.6) is 5.75 Å². The van der Waals surface area contributed by atoms with Crippen molar-refractivity contribution >= 4 is 11.5 Å². The molecule has 1 aliphatic rings. The number of rotatable bonds is 1. The number of para-hydroxylation sites is 1. The molecule has 0 radical (unpaired) electrons. The third kappa shape index (κ3) is 1.66. The molecule has 0 aromatic heterocycles. The molecule has 1 aromatic carbocycles. The second-order valence-electron chi connectivity index (χ2n) is 3.74. The first kappa shape index (κ1) is 10.7. The van der Waals surface area contributed by atoms with Crippen LogP contribution in [0.4, 0.5) is 4.39 Å². The fraction of sp³-hybridized carbons (Fsp3) is 0.250. The number of aliphatic carboxylic acids is 1. The van der Waals surface area contributed by atoms with Gasteiger partial charge in [-0.2, -0.15) is 4.39 Å². The third-order valence-corrected chi connectivity index (χ3v) is 2.58. The molecule has 0 saturated carbocycles. The van der Waals surface area contributed by atoms with E-state index in [0.29, 0.717) is 17.9 Å². The van der Waals surface area contributed by atoms with E-state index in [-0.39, 0.29) is 11.5 Å². The number of carboxylic acid groups (broad SMARTS) is 1. The third-order valence-electron chi connectivity index (χ3n) is 2.58. The summed E-state index contributed by atoms with van der Waals surface area (Å²) in [6.45, 7) is 2.04. The number of hydrogen-bond donors (Lipinski definition) is 1. The zero-order chi connectivity index (χ0) is 11.7. The van der Waals surface area contributed by atoms with Gasteiger partial charge >= 0.3 is 5.97 Å². The lowest BCUT2D eigenvalue weighted by Gasteiger charge is -2.25. The first-order valence-corrected chi connectivity index (χ1v) is 4.96. The lowest BCUT2D eigenvalue weighted by atomic mass is 9.90. The van der Waals surface area contributed by atoms with Gasteiger partial charge in [0.2, 0.25) is 5.83 Å². The second kappa shape index (κ2) is 3.96. The fourth-order valence-electron chi connectivity index (χ4n) is 1.83. The summed E-state index contributed by atoms with van der Waals surface area (Å²) in [7, 11) is 0. The molecule has 3 nitrogen and oxygen atoms in total. The van der Waals surface area contributed by atoms with E-state index < -0.39 is 11.8 Å². The molecule has 1 heterocycles. The van der Waals surface area contributed by atoms with Gasteiger partial charge in [0.05, 0.1) is 6.61 Å². The average Bonchev–Trinajstić information content (AvgIpc) is 2.28. The number of hydrogen-bond acceptors (Lipinski definition) is 2. The maximum absolute atomic E-state index is 13.6. The molecule has 0 fully saturated rings. The lowest BCUT2D eigenvalue weighted by molar-refractivity contribution is -0.134. The molecule has 2 rings (SSSR count). The standard InChI is InChI=1S/C12H11FO3/c1-7-6-16-9-5-3-2-4-8(9)10(7)11(13)12(14)15/h2-5,7H,6H2,1H3,(H,14,15)/b11-10-. The minimum absolute atomic E-state index is 0.217. The highest BCUT2D eigenvalue weighted by molar-refractivity contribution is 5.95. The lowest BCUT2D eigenvalue weighted by Crippen LogP contribution is -2.19. The van der Waals surface area contributed by atoms with Crippen molar-refractivity contribution < 1.29 is 19.0 Å². The summed E-state index contributed by atoms with van der Waals surface area (Å²) in [5.41, 5.74) is 0.746. The van der Waals surface area contributed by atoms with Crippen LogP contribution in [0.3, 0.4) is 0 Å². The molecule has 1 N–H and O–H groups in total. The van der Waals surface area contributed by atoms with Gasteiger partial charge in [-0.05, 0) is 6.07 Å². The predicted octanol–water partition coefficient (Wildman–Crippen LogP) is 2.48. The number of carboxylic acids is 1. The van der Waals surface area contributed by atoms with E-state index in [2.05, 4.69) is 0 Å². The Morgan fingerprint density at radius 3 is 2.88 bits per heavy atom. The van der Waals surface area contributed by atoms with E-state index in [4.69, 9.17) is 9.84 Å². The molecule has 16 heavy (non-hydrogen) atoms. The van der Waals surface area contributed by atoms with Crippen LogP contribution >= 0.6 is 0 Å². The molecule has 1 atom stereocenters. The topological polar surface area (TPSA) is 46.5 Å². The van der Waals surface area contributed by atoms with Crippen LogP contribution in [0.1, 0.15) is 12.5 Å². The van der Waals surface area contributed by atoms with Gasteiger partial charge in [0.1, 0.15) is 5.75 Å². The first-order chi connectivity index (χ1) is 7.61. The maximum atomic E-state index is 13.6. The summed E-state index contributed by atoms with van der Waals surface area (Å²) in [5, 5.41) is 8.70. The molecule has 0 spiro atoms. The summed E-state index contributed by atoms with van der Waals surface area (Å²) in [4.78, 5) is 10.7. The normalized spacial score (nSPS) is 22.0. The van der Waals surface area contributed by atoms with Crippen LogP contribution in [0.2, 0.25) is 0 Å². The van der Waals surface area contributed by atoms with E-state index in [0.717, 1.165) is 0 Å². The van der Waals surface area contributed by atoms with E-state index in [1.165, 1.54) is 0 Å². The number of halogens is 1. The van der Waals surface area contributed by atoms with E-state index in [1.54, 1.807) is 31.2 Å². The summed E-state index contributed by atoms with van der Waals surface area (Å²) in [5.74, 6) is -2.35. The Bertz CT molecular complexity index is 465. The molecule has 0 bridgehead atoms. The smallest absolute Gasteiger partial charge is 0.365 e. The van der Waals surface area contributed by atoms with Crippen LogP contribution in [-0.2, 0) is 4.79 Å². The van der Waals surface area contributed by atoms with Crippen molar-refractivity contribution in [2.45, 2.75) is 6.92 Å². The van der Waals surface area contributed by atoms with E-state index in [1.807, 2.05) is 0 Å². The monoisotopic (exact) mass is 222 g/mol. The summed E-state index contributed by atoms with van der Waals surface area (Å²) in [6.07, 6.45) is 0. The molecule has 1 aliphatic heterocycles.